The average Bonchev–Trinajstić information content (AvgIpc) is 2.98. The second-order valence-corrected chi connectivity index (χ2v) is 6.19. The minimum Gasteiger partial charge on any atom is -0.383 e. The van der Waals surface area contributed by atoms with Crippen LogP contribution in [-0.4, -0.2) is 49.3 Å². The van der Waals surface area contributed by atoms with Crippen molar-refractivity contribution in [2.75, 3.05) is 33.4 Å². The number of ether oxygens (including phenoxy) is 1. The van der Waals surface area contributed by atoms with E-state index in [9.17, 15) is 0 Å². The van der Waals surface area contributed by atoms with Gasteiger partial charge < -0.3 is 10.1 Å². The molecule has 0 amide bonds. The summed E-state index contributed by atoms with van der Waals surface area (Å²) in [6.07, 6.45) is 4.61. The monoisotopic (exact) mass is 269 g/mol. The Balaban J connectivity index is 1.86. The molecule has 102 valence electrons. The van der Waals surface area contributed by atoms with Crippen LogP contribution in [0.5, 0.6) is 0 Å². The molecule has 0 aliphatic carbocycles. The van der Waals surface area contributed by atoms with Crippen LogP contribution in [-0.2, 0) is 11.3 Å². The highest BCUT2D eigenvalue weighted by Crippen LogP contribution is 2.15. The third-order valence-electron chi connectivity index (χ3n) is 3.30. The van der Waals surface area contributed by atoms with E-state index in [0.29, 0.717) is 6.04 Å². The van der Waals surface area contributed by atoms with Crippen LogP contribution >= 0.6 is 11.3 Å². The number of aromatic nitrogens is 1. The summed E-state index contributed by atoms with van der Waals surface area (Å²) in [7, 11) is 1.77. The van der Waals surface area contributed by atoms with Gasteiger partial charge in [-0.15, -0.1) is 11.3 Å². The molecule has 5 heteroatoms. The minimum absolute atomic E-state index is 0.649. The topological polar surface area (TPSA) is 37.4 Å². The van der Waals surface area contributed by atoms with Gasteiger partial charge in [0.15, 0.2) is 0 Å². The molecule has 1 aromatic rings. The van der Waals surface area contributed by atoms with Crippen molar-refractivity contribution in [2.45, 2.75) is 32.4 Å². The Morgan fingerprint density at radius 3 is 3.11 bits per heavy atom. The molecule has 1 saturated heterocycles. The average molecular weight is 269 g/mol. The van der Waals surface area contributed by atoms with E-state index in [1.807, 2.05) is 6.20 Å². The van der Waals surface area contributed by atoms with E-state index in [1.165, 1.54) is 24.3 Å². The fraction of sp³-hybridized carbons (Fsp3) is 0.769. The Bertz CT molecular complexity index is 350. The van der Waals surface area contributed by atoms with Gasteiger partial charge in [-0.2, -0.15) is 0 Å². The fourth-order valence-electron chi connectivity index (χ4n) is 2.38. The quantitative estimate of drug-likeness (QED) is 0.817. The zero-order chi connectivity index (χ0) is 12.8. The van der Waals surface area contributed by atoms with Gasteiger partial charge in [-0.25, -0.2) is 4.98 Å². The predicted molar refractivity (Wildman–Crippen MR) is 75.0 cm³/mol. The number of hydrogen-bond acceptors (Lipinski definition) is 5. The first-order chi connectivity index (χ1) is 8.78. The smallest absolute Gasteiger partial charge is 0.0897 e. The van der Waals surface area contributed by atoms with Crippen molar-refractivity contribution in [3.63, 3.8) is 0 Å². The molecule has 1 N–H and O–H groups in total. The molecule has 0 bridgehead atoms. The van der Waals surface area contributed by atoms with Gasteiger partial charge in [0.2, 0.25) is 0 Å². The number of nitrogens with zero attached hydrogens (tertiary/aromatic N) is 2. The van der Waals surface area contributed by atoms with Crippen molar-refractivity contribution in [3.8, 4) is 0 Å². The van der Waals surface area contributed by atoms with E-state index in [4.69, 9.17) is 4.74 Å². The minimum atomic E-state index is 0.649. The van der Waals surface area contributed by atoms with Crippen LogP contribution in [0.1, 0.15) is 22.7 Å². The number of rotatable bonds is 7. The highest BCUT2D eigenvalue weighted by Gasteiger charge is 2.18. The van der Waals surface area contributed by atoms with Crippen LogP contribution in [0.2, 0.25) is 0 Å². The van der Waals surface area contributed by atoms with Crippen molar-refractivity contribution >= 4 is 11.3 Å². The highest BCUT2D eigenvalue weighted by molar-refractivity contribution is 7.11. The van der Waals surface area contributed by atoms with Crippen molar-refractivity contribution in [3.05, 3.63) is 16.1 Å². The lowest BCUT2D eigenvalue weighted by molar-refractivity contribution is 0.138. The summed E-state index contributed by atoms with van der Waals surface area (Å²) in [5.41, 5.74) is 0. The van der Waals surface area contributed by atoms with Crippen LogP contribution in [0, 0.1) is 6.92 Å². The van der Waals surface area contributed by atoms with E-state index < -0.39 is 0 Å². The summed E-state index contributed by atoms with van der Waals surface area (Å²) in [6, 6.07) is 0.649. The van der Waals surface area contributed by atoms with Crippen LogP contribution in [0.4, 0.5) is 0 Å². The molecule has 1 unspecified atom stereocenters. The molecule has 0 spiro atoms. The zero-order valence-corrected chi connectivity index (χ0v) is 12.1. The molecule has 1 aliphatic rings. The second kappa shape index (κ2) is 7.19. The molecule has 18 heavy (non-hydrogen) atoms. The molecule has 1 fully saturated rings. The van der Waals surface area contributed by atoms with Crippen molar-refractivity contribution in [1.29, 1.82) is 0 Å². The van der Waals surface area contributed by atoms with Crippen LogP contribution in [0.25, 0.3) is 0 Å². The lowest BCUT2D eigenvalue weighted by Crippen LogP contribution is -2.38. The second-order valence-electron chi connectivity index (χ2n) is 4.87. The number of hydrogen-bond donors (Lipinski definition) is 1. The molecular formula is C13H23N3OS. The van der Waals surface area contributed by atoms with Gasteiger partial charge in [0, 0.05) is 43.9 Å². The number of thiazole rings is 1. The number of aryl methyl sites for hydroxylation is 1. The molecule has 0 saturated carbocycles. The summed E-state index contributed by atoms with van der Waals surface area (Å²) >= 11 is 1.79. The molecule has 1 aromatic heterocycles. The molecule has 2 rings (SSSR count). The molecular weight excluding hydrogens is 246 g/mol. The van der Waals surface area contributed by atoms with Gasteiger partial charge >= 0.3 is 0 Å². The maximum atomic E-state index is 5.21. The molecule has 4 nitrogen and oxygen atoms in total. The Hall–Kier alpha value is -0.490. The zero-order valence-electron chi connectivity index (χ0n) is 11.3. The van der Waals surface area contributed by atoms with E-state index in [2.05, 4.69) is 22.1 Å². The Morgan fingerprint density at radius 2 is 2.50 bits per heavy atom. The summed E-state index contributed by atoms with van der Waals surface area (Å²) in [6.45, 7) is 7.12. The van der Waals surface area contributed by atoms with Crippen molar-refractivity contribution in [2.24, 2.45) is 0 Å². The first-order valence-electron chi connectivity index (χ1n) is 6.64. The standard InChI is InChI=1S/C13H23N3OS/c1-11-15-8-13(18-11)10-16(6-7-17-2)9-12-4-3-5-14-12/h8,12,14H,3-7,9-10H2,1-2H3. The molecule has 1 atom stereocenters. The van der Waals surface area contributed by atoms with Crippen molar-refractivity contribution < 1.29 is 4.74 Å². The third kappa shape index (κ3) is 4.31. The van der Waals surface area contributed by atoms with Crippen LogP contribution < -0.4 is 5.32 Å². The van der Waals surface area contributed by atoms with E-state index in [0.717, 1.165) is 31.2 Å². The van der Waals surface area contributed by atoms with Crippen molar-refractivity contribution in [1.82, 2.24) is 15.2 Å². The predicted octanol–water partition coefficient (Wildman–Crippen LogP) is 1.65. The molecule has 0 radical (unpaired) electrons. The Kier molecular flexibility index (Phi) is 5.56. The maximum absolute atomic E-state index is 5.21. The lowest BCUT2D eigenvalue weighted by Gasteiger charge is -2.24. The summed E-state index contributed by atoms with van der Waals surface area (Å²) in [5.74, 6) is 0. The lowest BCUT2D eigenvalue weighted by atomic mass is 10.2. The van der Waals surface area contributed by atoms with Gasteiger partial charge in [0.25, 0.3) is 0 Å². The summed E-state index contributed by atoms with van der Waals surface area (Å²) in [5, 5.41) is 4.71. The SMILES string of the molecule is COCCN(Cc1cnc(C)s1)CC1CCCN1. The molecule has 0 aromatic carbocycles. The highest BCUT2D eigenvalue weighted by atomic mass is 32.1. The van der Waals surface area contributed by atoms with E-state index in [1.54, 1.807) is 18.4 Å². The van der Waals surface area contributed by atoms with Gasteiger partial charge in [-0.05, 0) is 26.3 Å². The Morgan fingerprint density at radius 1 is 1.61 bits per heavy atom. The maximum Gasteiger partial charge on any atom is 0.0897 e. The molecule has 2 heterocycles. The number of nitrogens with one attached hydrogen (secondary N) is 1. The third-order valence-corrected chi connectivity index (χ3v) is 4.20. The summed E-state index contributed by atoms with van der Waals surface area (Å²) < 4.78 is 5.21. The van der Waals surface area contributed by atoms with Gasteiger partial charge in [0.05, 0.1) is 11.6 Å². The largest absolute Gasteiger partial charge is 0.383 e. The van der Waals surface area contributed by atoms with E-state index >= 15 is 0 Å². The van der Waals surface area contributed by atoms with Gasteiger partial charge in [0.1, 0.15) is 0 Å². The summed E-state index contributed by atoms with van der Waals surface area (Å²) in [4.78, 5) is 8.15. The van der Waals surface area contributed by atoms with Gasteiger partial charge in [-0.1, -0.05) is 0 Å². The van der Waals surface area contributed by atoms with E-state index in [-0.39, 0.29) is 0 Å². The first kappa shape index (κ1) is 13.9. The van der Waals surface area contributed by atoms with Crippen LogP contribution in [0.3, 0.4) is 0 Å². The Labute approximate surface area is 113 Å². The fourth-order valence-corrected chi connectivity index (χ4v) is 3.22. The first-order valence-corrected chi connectivity index (χ1v) is 7.45. The number of methoxy groups -OCH3 is 1. The van der Waals surface area contributed by atoms with Crippen LogP contribution in [0.15, 0.2) is 6.20 Å². The van der Waals surface area contributed by atoms with Gasteiger partial charge in [-0.3, -0.25) is 4.90 Å². The molecule has 1 aliphatic heterocycles. The normalized spacial score (nSPS) is 19.8.